The first-order valence-electron chi connectivity index (χ1n) is 7.50. The van der Waals surface area contributed by atoms with Gasteiger partial charge in [-0.3, -0.25) is 9.59 Å². The van der Waals surface area contributed by atoms with Crippen molar-refractivity contribution < 1.29 is 19.2 Å². The number of benzene rings is 1. The monoisotopic (exact) mass is 314 g/mol. The maximum atomic E-state index is 11.8. The standard InChI is InChI=1S/C17H18N2O4/c1-12(20)19-8-7-17(11-19,16(21)22)10-14-9-15(18-23-14)13-5-3-2-4-6-13/h2-6,9H,7-8,10-11H2,1H3,(H,21,22)/t17-/m0/s1. The van der Waals surface area contributed by atoms with Crippen molar-refractivity contribution in [3.8, 4) is 11.3 Å². The first kappa shape index (κ1) is 15.3. The van der Waals surface area contributed by atoms with Gasteiger partial charge in [-0.2, -0.15) is 0 Å². The highest BCUT2D eigenvalue weighted by Crippen LogP contribution is 2.35. The molecule has 1 aliphatic heterocycles. The van der Waals surface area contributed by atoms with Gasteiger partial charge in [0, 0.05) is 38.1 Å². The van der Waals surface area contributed by atoms with Gasteiger partial charge in [-0.25, -0.2) is 0 Å². The van der Waals surface area contributed by atoms with Crippen LogP contribution in [0.15, 0.2) is 40.9 Å². The number of amides is 1. The second-order valence-electron chi connectivity index (χ2n) is 6.00. The van der Waals surface area contributed by atoms with Crippen LogP contribution < -0.4 is 0 Å². The number of carboxylic acid groups (broad SMARTS) is 1. The van der Waals surface area contributed by atoms with Gasteiger partial charge >= 0.3 is 5.97 Å². The number of likely N-dealkylation sites (tertiary alicyclic amines) is 1. The van der Waals surface area contributed by atoms with Crippen LogP contribution in [0, 0.1) is 5.41 Å². The second kappa shape index (κ2) is 5.87. The fourth-order valence-corrected chi connectivity index (χ4v) is 3.01. The largest absolute Gasteiger partial charge is 0.481 e. The Bertz CT molecular complexity index is 725. The molecule has 6 nitrogen and oxygen atoms in total. The Kier molecular flexibility index (Phi) is 3.90. The lowest BCUT2D eigenvalue weighted by atomic mass is 9.82. The van der Waals surface area contributed by atoms with Crippen molar-refractivity contribution in [2.75, 3.05) is 13.1 Å². The summed E-state index contributed by atoms with van der Waals surface area (Å²) < 4.78 is 5.34. The predicted octanol–water partition coefficient (Wildman–Crippen LogP) is 2.21. The van der Waals surface area contributed by atoms with E-state index in [0.29, 0.717) is 24.4 Å². The summed E-state index contributed by atoms with van der Waals surface area (Å²) in [5, 5.41) is 13.7. The molecule has 1 aromatic carbocycles. The summed E-state index contributed by atoms with van der Waals surface area (Å²) in [6.45, 7) is 2.13. The number of nitrogens with zero attached hydrogens (tertiary/aromatic N) is 2. The topological polar surface area (TPSA) is 83.6 Å². The van der Waals surface area contributed by atoms with E-state index in [-0.39, 0.29) is 18.9 Å². The molecule has 23 heavy (non-hydrogen) atoms. The maximum Gasteiger partial charge on any atom is 0.311 e. The van der Waals surface area contributed by atoms with E-state index >= 15 is 0 Å². The van der Waals surface area contributed by atoms with E-state index < -0.39 is 11.4 Å². The Morgan fingerprint density at radius 1 is 1.35 bits per heavy atom. The Labute approximate surface area is 133 Å². The lowest BCUT2D eigenvalue weighted by Crippen LogP contribution is -2.37. The number of rotatable bonds is 4. The van der Waals surface area contributed by atoms with Crippen molar-refractivity contribution in [2.45, 2.75) is 19.8 Å². The van der Waals surface area contributed by atoms with Gasteiger partial charge in [-0.15, -0.1) is 0 Å². The molecule has 2 heterocycles. The van der Waals surface area contributed by atoms with E-state index in [4.69, 9.17) is 4.52 Å². The molecule has 1 fully saturated rings. The Morgan fingerprint density at radius 3 is 2.70 bits per heavy atom. The fourth-order valence-electron chi connectivity index (χ4n) is 3.01. The molecule has 1 saturated heterocycles. The number of carbonyl (C=O) groups excluding carboxylic acids is 1. The Morgan fingerprint density at radius 2 is 2.09 bits per heavy atom. The van der Waals surface area contributed by atoms with E-state index in [1.165, 1.54) is 6.92 Å². The SMILES string of the molecule is CC(=O)N1CC[C@@](Cc2cc(-c3ccccc3)no2)(C(=O)O)C1. The molecule has 0 spiro atoms. The molecule has 0 saturated carbocycles. The number of aromatic nitrogens is 1. The van der Waals surface area contributed by atoms with Crippen LogP contribution in [0.1, 0.15) is 19.1 Å². The summed E-state index contributed by atoms with van der Waals surface area (Å²) in [4.78, 5) is 24.8. The minimum absolute atomic E-state index is 0.101. The summed E-state index contributed by atoms with van der Waals surface area (Å²) in [7, 11) is 0. The highest BCUT2D eigenvalue weighted by molar-refractivity contribution is 5.79. The van der Waals surface area contributed by atoms with E-state index in [1.807, 2.05) is 30.3 Å². The lowest BCUT2D eigenvalue weighted by molar-refractivity contribution is -0.148. The molecule has 0 bridgehead atoms. The van der Waals surface area contributed by atoms with Crippen LogP contribution in [0.4, 0.5) is 0 Å². The molecule has 0 radical (unpaired) electrons. The third kappa shape index (κ3) is 2.97. The van der Waals surface area contributed by atoms with Crippen LogP contribution in [0.3, 0.4) is 0 Å². The van der Waals surface area contributed by atoms with Gasteiger partial charge < -0.3 is 14.5 Å². The van der Waals surface area contributed by atoms with E-state index in [0.717, 1.165) is 5.56 Å². The van der Waals surface area contributed by atoms with Crippen molar-refractivity contribution in [1.82, 2.24) is 10.1 Å². The van der Waals surface area contributed by atoms with Crippen LogP contribution in [-0.4, -0.2) is 40.1 Å². The summed E-state index contributed by atoms with van der Waals surface area (Å²) in [5.74, 6) is -0.480. The van der Waals surface area contributed by atoms with Crippen LogP contribution in [0.5, 0.6) is 0 Å². The van der Waals surface area contributed by atoms with Crippen molar-refractivity contribution >= 4 is 11.9 Å². The lowest BCUT2D eigenvalue weighted by Gasteiger charge is -2.22. The predicted molar refractivity (Wildman–Crippen MR) is 82.6 cm³/mol. The van der Waals surface area contributed by atoms with Gasteiger partial charge in [0.15, 0.2) is 0 Å². The highest BCUT2D eigenvalue weighted by atomic mass is 16.5. The van der Waals surface area contributed by atoms with Crippen molar-refractivity contribution in [3.05, 3.63) is 42.2 Å². The average molecular weight is 314 g/mol. The molecular weight excluding hydrogens is 296 g/mol. The molecule has 1 aromatic heterocycles. The molecule has 3 rings (SSSR count). The Hall–Kier alpha value is -2.63. The molecule has 1 amide bonds. The van der Waals surface area contributed by atoms with Gasteiger partial charge in [0.05, 0.1) is 5.41 Å². The van der Waals surface area contributed by atoms with Gasteiger partial charge in [-0.05, 0) is 6.42 Å². The summed E-state index contributed by atoms with van der Waals surface area (Å²) in [6, 6.07) is 11.3. The van der Waals surface area contributed by atoms with Crippen molar-refractivity contribution in [3.63, 3.8) is 0 Å². The molecule has 2 aromatic rings. The fraction of sp³-hybridized carbons (Fsp3) is 0.353. The third-order valence-corrected chi connectivity index (χ3v) is 4.39. The summed E-state index contributed by atoms with van der Waals surface area (Å²) in [6.07, 6.45) is 0.648. The van der Waals surface area contributed by atoms with Crippen molar-refractivity contribution in [2.24, 2.45) is 5.41 Å². The minimum Gasteiger partial charge on any atom is -0.481 e. The third-order valence-electron chi connectivity index (χ3n) is 4.39. The van der Waals surface area contributed by atoms with E-state index in [2.05, 4.69) is 5.16 Å². The molecule has 0 aliphatic carbocycles. The normalized spacial score (nSPS) is 20.7. The highest BCUT2D eigenvalue weighted by Gasteiger charge is 2.46. The second-order valence-corrected chi connectivity index (χ2v) is 6.00. The molecule has 0 unspecified atom stereocenters. The molecular formula is C17H18N2O4. The maximum absolute atomic E-state index is 11.8. The van der Waals surface area contributed by atoms with Gasteiger partial charge in [0.1, 0.15) is 11.5 Å². The van der Waals surface area contributed by atoms with Gasteiger partial charge in [0.2, 0.25) is 5.91 Å². The van der Waals surface area contributed by atoms with E-state index in [9.17, 15) is 14.7 Å². The van der Waals surface area contributed by atoms with Crippen LogP contribution >= 0.6 is 0 Å². The quantitative estimate of drug-likeness (QED) is 0.935. The van der Waals surface area contributed by atoms with E-state index in [1.54, 1.807) is 11.0 Å². The number of carboxylic acids is 1. The average Bonchev–Trinajstić information content (AvgIpc) is 3.16. The number of hydrogen-bond donors (Lipinski definition) is 1. The molecule has 6 heteroatoms. The first-order chi connectivity index (χ1) is 11.0. The molecule has 120 valence electrons. The van der Waals surface area contributed by atoms with Gasteiger partial charge in [-0.1, -0.05) is 35.5 Å². The van der Waals surface area contributed by atoms with Gasteiger partial charge in [0.25, 0.3) is 0 Å². The van der Waals surface area contributed by atoms with Crippen LogP contribution in [0.25, 0.3) is 11.3 Å². The zero-order valence-electron chi connectivity index (χ0n) is 12.9. The smallest absolute Gasteiger partial charge is 0.311 e. The summed E-state index contributed by atoms with van der Waals surface area (Å²) >= 11 is 0. The van der Waals surface area contributed by atoms with Crippen molar-refractivity contribution in [1.29, 1.82) is 0 Å². The Balaban J connectivity index is 1.81. The first-order valence-corrected chi connectivity index (χ1v) is 7.50. The number of aliphatic carboxylic acids is 1. The van der Waals surface area contributed by atoms with Crippen LogP contribution in [0.2, 0.25) is 0 Å². The zero-order valence-corrected chi connectivity index (χ0v) is 12.9. The number of hydrogen-bond acceptors (Lipinski definition) is 4. The summed E-state index contributed by atoms with van der Waals surface area (Å²) in [5.41, 5.74) is 0.602. The zero-order chi connectivity index (χ0) is 16.4. The minimum atomic E-state index is -1.00. The number of carbonyl (C=O) groups is 2. The molecule has 1 N–H and O–H groups in total. The van der Waals surface area contributed by atoms with Crippen LogP contribution in [-0.2, 0) is 16.0 Å². The molecule has 1 aliphatic rings. The molecule has 1 atom stereocenters.